The summed E-state index contributed by atoms with van der Waals surface area (Å²) in [4.78, 5) is 5.92. The predicted molar refractivity (Wildman–Crippen MR) is 87.9 cm³/mol. The summed E-state index contributed by atoms with van der Waals surface area (Å²) in [5.41, 5.74) is 1.08. The number of halogens is 1. The van der Waals surface area contributed by atoms with Gasteiger partial charge in [-0.15, -0.1) is 0 Å². The van der Waals surface area contributed by atoms with E-state index in [-0.39, 0.29) is 6.61 Å². The second-order valence-corrected chi connectivity index (χ2v) is 5.82. The first-order chi connectivity index (χ1) is 9.77. The quantitative estimate of drug-likeness (QED) is 0.473. The maximum absolute atomic E-state index is 8.83. The van der Waals surface area contributed by atoms with E-state index in [1.165, 1.54) is 12.8 Å². The number of benzene rings is 1. The van der Waals surface area contributed by atoms with Gasteiger partial charge in [0, 0.05) is 17.6 Å². The van der Waals surface area contributed by atoms with Gasteiger partial charge in [0.1, 0.15) is 0 Å². The van der Waals surface area contributed by atoms with Crippen molar-refractivity contribution in [3.05, 3.63) is 28.7 Å². The molecule has 0 unspecified atom stereocenters. The molecule has 0 aliphatic rings. The lowest BCUT2D eigenvalue weighted by atomic mass is 10.2. The smallest absolute Gasteiger partial charge is 0.0748 e. The van der Waals surface area contributed by atoms with Gasteiger partial charge >= 0.3 is 0 Å². The zero-order chi connectivity index (χ0) is 14.6. The van der Waals surface area contributed by atoms with Crippen LogP contribution < -0.4 is 5.06 Å². The van der Waals surface area contributed by atoms with Crippen LogP contribution in [0.2, 0.25) is 0 Å². The molecule has 3 nitrogen and oxygen atoms in total. The molecular weight excluding hydrogens is 318 g/mol. The van der Waals surface area contributed by atoms with Crippen LogP contribution in [0.1, 0.15) is 45.4 Å². The highest BCUT2D eigenvalue weighted by atomic mass is 79.9. The van der Waals surface area contributed by atoms with Crippen molar-refractivity contribution in [1.82, 2.24) is 0 Å². The van der Waals surface area contributed by atoms with Gasteiger partial charge in [-0.25, -0.2) is 0 Å². The molecule has 1 aromatic rings. The van der Waals surface area contributed by atoms with Crippen LogP contribution in [0, 0.1) is 0 Å². The molecule has 0 aromatic heterocycles. The molecule has 20 heavy (non-hydrogen) atoms. The van der Waals surface area contributed by atoms with Crippen molar-refractivity contribution in [2.45, 2.75) is 45.4 Å². The van der Waals surface area contributed by atoms with Crippen molar-refractivity contribution in [1.29, 1.82) is 0 Å². The van der Waals surface area contributed by atoms with Gasteiger partial charge in [-0.05, 0) is 43.9 Å². The van der Waals surface area contributed by atoms with Gasteiger partial charge in [-0.3, -0.25) is 9.90 Å². The molecule has 0 amide bonds. The lowest BCUT2D eigenvalue weighted by molar-refractivity contribution is 0.103. The third kappa shape index (κ3) is 7.27. The van der Waals surface area contributed by atoms with E-state index >= 15 is 0 Å². The summed E-state index contributed by atoms with van der Waals surface area (Å²) in [5.74, 6) is 0. The number of nitrogens with zero attached hydrogens (tertiary/aromatic N) is 1. The second kappa shape index (κ2) is 11.1. The molecule has 0 fully saturated rings. The highest BCUT2D eigenvalue weighted by Gasteiger charge is 2.07. The predicted octanol–water partition coefficient (Wildman–Crippen LogP) is 4.54. The molecule has 0 aliphatic carbocycles. The largest absolute Gasteiger partial charge is 0.396 e. The Hall–Kier alpha value is -0.580. The van der Waals surface area contributed by atoms with E-state index in [0.717, 1.165) is 49.0 Å². The van der Waals surface area contributed by atoms with E-state index in [0.29, 0.717) is 0 Å². The highest BCUT2D eigenvalue weighted by Crippen LogP contribution is 2.21. The third-order valence-corrected chi connectivity index (χ3v) is 3.60. The van der Waals surface area contributed by atoms with Gasteiger partial charge in [-0.1, -0.05) is 41.8 Å². The van der Waals surface area contributed by atoms with Crippen LogP contribution in [0.25, 0.3) is 0 Å². The van der Waals surface area contributed by atoms with Crippen LogP contribution in [0.15, 0.2) is 28.7 Å². The van der Waals surface area contributed by atoms with E-state index in [1.807, 2.05) is 17.2 Å². The summed E-state index contributed by atoms with van der Waals surface area (Å²) >= 11 is 3.50. The lowest BCUT2D eigenvalue weighted by Crippen LogP contribution is -2.25. The zero-order valence-corrected chi connectivity index (χ0v) is 13.9. The van der Waals surface area contributed by atoms with Crippen molar-refractivity contribution < 1.29 is 9.94 Å². The van der Waals surface area contributed by atoms with E-state index in [4.69, 9.17) is 9.94 Å². The Morgan fingerprint density at radius 2 is 2.00 bits per heavy atom. The maximum Gasteiger partial charge on any atom is 0.0748 e. The molecule has 0 heterocycles. The summed E-state index contributed by atoms with van der Waals surface area (Å²) < 4.78 is 1.06. The molecule has 0 atom stereocenters. The van der Waals surface area contributed by atoms with Gasteiger partial charge in [0.15, 0.2) is 0 Å². The number of hydroxylamine groups is 1. The first-order valence-electron chi connectivity index (χ1n) is 7.54. The fraction of sp³-hybridized carbons (Fsp3) is 0.625. The van der Waals surface area contributed by atoms with Crippen molar-refractivity contribution in [3.63, 3.8) is 0 Å². The van der Waals surface area contributed by atoms with Crippen LogP contribution >= 0.6 is 15.9 Å². The van der Waals surface area contributed by atoms with Gasteiger partial charge in [0.25, 0.3) is 0 Å². The Balaban J connectivity index is 2.49. The maximum atomic E-state index is 8.83. The van der Waals surface area contributed by atoms with E-state index in [1.54, 1.807) is 0 Å². The summed E-state index contributed by atoms with van der Waals surface area (Å²) in [5, 5.41) is 10.8. The van der Waals surface area contributed by atoms with Crippen LogP contribution in [0.4, 0.5) is 5.69 Å². The fourth-order valence-electron chi connectivity index (χ4n) is 1.97. The van der Waals surface area contributed by atoms with Gasteiger partial charge in [0.2, 0.25) is 0 Å². The van der Waals surface area contributed by atoms with Gasteiger partial charge < -0.3 is 5.11 Å². The van der Waals surface area contributed by atoms with Crippen molar-refractivity contribution in [2.75, 3.05) is 24.8 Å². The first kappa shape index (κ1) is 17.5. The van der Waals surface area contributed by atoms with Crippen LogP contribution in [0.5, 0.6) is 0 Å². The SMILES string of the molecule is CCCCCON(CCCCCO)c1cccc(Br)c1. The Morgan fingerprint density at radius 1 is 1.15 bits per heavy atom. The fourth-order valence-corrected chi connectivity index (χ4v) is 2.36. The minimum absolute atomic E-state index is 0.272. The second-order valence-electron chi connectivity index (χ2n) is 4.91. The Labute approximate surface area is 131 Å². The van der Waals surface area contributed by atoms with Crippen molar-refractivity contribution in [3.8, 4) is 0 Å². The molecule has 0 spiro atoms. The molecular formula is C16H26BrNO2. The van der Waals surface area contributed by atoms with Crippen LogP contribution in [-0.4, -0.2) is 24.9 Å². The molecule has 0 saturated carbocycles. The number of rotatable bonds is 11. The molecule has 0 radical (unpaired) electrons. The van der Waals surface area contributed by atoms with E-state index < -0.39 is 0 Å². The molecule has 1 N–H and O–H groups in total. The lowest BCUT2D eigenvalue weighted by Gasteiger charge is -2.24. The molecule has 0 saturated heterocycles. The van der Waals surface area contributed by atoms with E-state index in [9.17, 15) is 0 Å². The average molecular weight is 344 g/mol. The minimum atomic E-state index is 0.272. The molecule has 0 bridgehead atoms. The zero-order valence-electron chi connectivity index (χ0n) is 12.4. The topological polar surface area (TPSA) is 32.7 Å². The Morgan fingerprint density at radius 3 is 2.70 bits per heavy atom. The Kier molecular flexibility index (Phi) is 9.71. The molecule has 1 aromatic carbocycles. The summed E-state index contributed by atoms with van der Waals surface area (Å²) in [6.07, 6.45) is 6.42. The van der Waals surface area contributed by atoms with Gasteiger partial charge in [0.05, 0.1) is 12.3 Å². The number of anilines is 1. The van der Waals surface area contributed by atoms with Gasteiger partial charge in [-0.2, -0.15) is 0 Å². The number of aliphatic hydroxyl groups excluding tert-OH is 1. The van der Waals surface area contributed by atoms with Crippen LogP contribution in [0.3, 0.4) is 0 Å². The monoisotopic (exact) mass is 343 g/mol. The number of unbranched alkanes of at least 4 members (excludes halogenated alkanes) is 4. The Bertz CT molecular complexity index is 348. The summed E-state index contributed by atoms with van der Waals surface area (Å²) in [6, 6.07) is 8.18. The molecule has 114 valence electrons. The molecule has 4 heteroatoms. The highest BCUT2D eigenvalue weighted by molar-refractivity contribution is 9.10. The standard InChI is InChI=1S/C16H26BrNO2/c1-2-3-7-13-20-18(11-5-4-6-12-19)16-10-8-9-15(17)14-16/h8-10,14,19H,2-7,11-13H2,1H3. The van der Waals surface area contributed by atoms with Crippen molar-refractivity contribution >= 4 is 21.6 Å². The number of hydrogen-bond donors (Lipinski definition) is 1. The number of hydrogen-bond acceptors (Lipinski definition) is 3. The number of aliphatic hydroxyl groups is 1. The average Bonchev–Trinajstić information content (AvgIpc) is 2.45. The van der Waals surface area contributed by atoms with E-state index in [2.05, 4.69) is 35.0 Å². The van der Waals surface area contributed by atoms with Crippen LogP contribution in [-0.2, 0) is 4.84 Å². The first-order valence-corrected chi connectivity index (χ1v) is 8.34. The van der Waals surface area contributed by atoms with Crippen molar-refractivity contribution in [2.24, 2.45) is 0 Å². The normalized spacial score (nSPS) is 10.8. The molecule has 1 rings (SSSR count). The minimum Gasteiger partial charge on any atom is -0.396 e. The summed E-state index contributed by atoms with van der Waals surface area (Å²) in [7, 11) is 0. The third-order valence-electron chi connectivity index (χ3n) is 3.11. The molecule has 0 aliphatic heterocycles. The summed E-state index contributed by atoms with van der Waals surface area (Å²) in [6.45, 7) is 4.10.